The van der Waals surface area contributed by atoms with Crippen LogP contribution in [-0.4, -0.2) is 18.5 Å². The molecule has 0 saturated heterocycles. The van der Waals surface area contributed by atoms with Gasteiger partial charge >= 0.3 is 6.03 Å². The van der Waals surface area contributed by atoms with Crippen molar-refractivity contribution in [2.75, 3.05) is 17.2 Å². The number of carbonyl (C=O) groups excluding carboxylic acids is 2. The van der Waals surface area contributed by atoms with Crippen LogP contribution in [0.25, 0.3) is 0 Å². The normalized spacial score (nSPS) is 9.44. The monoisotopic (exact) mass is 267 g/mol. The van der Waals surface area contributed by atoms with Gasteiger partial charge in [-0.2, -0.15) is 0 Å². The summed E-state index contributed by atoms with van der Waals surface area (Å²) in [7, 11) is 0. The summed E-state index contributed by atoms with van der Waals surface area (Å²) in [5, 5.41) is 8.08. The number of halogens is 1. The number of carbonyl (C=O) groups is 2. The average Bonchev–Trinajstić information content (AvgIpc) is 2.29. The lowest BCUT2D eigenvalue weighted by atomic mass is 10.2. The summed E-state index contributed by atoms with van der Waals surface area (Å²) < 4.78 is 0. The SMILES string of the molecule is C=CCNC(=O)Nc1ccc(NC(C)=O)cc1Cl. The number of hydrogen-bond donors (Lipinski definition) is 3. The zero-order chi connectivity index (χ0) is 13.5. The van der Waals surface area contributed by atoms with Crippen molar-refractivity contribution in [3.05, 3.63) is 35.9 Å². The van der Waals surface area contributed by atoms with Crippen molar-refractivity contribution in [2.24, 2.45) is 0 Å². The number of benzene rings is 1. The van der Waals surface area contributed by atoms with Crippen molar-refractivity contribution < 1.29 is 9.59 Å². The predicted molar refractivity (Wildman–Crippen MR) is 73.0 cm³/mol. The Morgan fingerprint density at radius 3 is 2.67 bits per heavy atom. The maximum Gasteiger partial charge on any atom is 0.319 e. The third kappa shape index (κ3) is 4.47. The van der Waals surface area contributed by atoms with Crippen molar-refractivity contribution in [3.8, 4) is 0 Å². The highest BCUT2D eigenvalue weighted by Gasteiger charge is 2.06. The lowest BCUT2D eigenvalue weighted by molar-refractivity contribution is -0.114. The van der Waals surface area contributed by atoms with E-state index in [-0.39, 0.29) is 11.9 Å². The maximum atomic E-state index is 11.4. The maximum absolute atomic E-state index is 11.4. The fourth-order valence-electron chi connectivity index (χ4n) is 1.23. The highest BCUT2D eigenvalue weighted by molar-refractivity contribution is 6.34. The standard InChI is InChI=1S/C12H14ClN3O2/c1-3-6-14-12(18)16-11-5-4-9(7-10(11)13)15-8(2)17/h3-5,7H,1,6H2,2H3,(H,15,17)(H2,14,16,18). The number of nitrogens with one attached hydrogen (secondary N) is 3. The van der Waals surface area contributed by atoms with Crippen LogP contribution < -0.4 is 16.0 Å². The molecule has 3 amide bonds. The molecule has 96 valence electrons. The first-order valence-corrected chi connectivity index (χ1v) is 5.63. The molecule has 5 nitrogen and oxygen atoms in total. The van der Waals surface area contributed by atoms with Crippen LogP contribution in [0.1, 0.15) is 6.92 Å². The first kappa shape index (κ1) is 14.1. The van der Waals surface area contributed by atoms with Crippen LogP contribution in [0.2, 0.25) is 5.02 Å². The van der Waals surface area contributed by atoms with Gasteiger partial charge in [-0.05, 0) is 18.2 Å². The highest BCUT2D eigenvalue weighted by atomic mass is 35.5. The van der Waals surface area contributed by atoms with Crippen LogP contribution in [-0.2, 0) is 4.79 Å². The molecule has 1 aromatic rings. The molecule has 1 rings (SSSR count). The van der Waals surface area contributed by atoms with Gasteiger partial charge in [-0.1, -0.05) is 17.7 Å². The molecular weight excluding hydrogens is 254 g/mol. The number of rotatable bonds is 4. The van der Waals surface area contributed by atoms with Gasteiger partial charge in [0.2, 0.25) is 5.91 Å². The zero-order valence-corrected chi connectivity index (χ0v) is 10.7. The van der Waals surface area contributed by atoms with Crippen LogP contribution in [0, 0.1) is 0 Å². The van der Waals surface area contributed by atoms with Gasteiger partial charge in [-0.15, -0.1) is 6.58 Å². The predicted octanol–water partition coefficient (Wildman–Crippen LogP) is 2.61. The molecule has 0 saturated carbocycles. The first-order valence-electron chi connectivity index (χ1n) is 5.26. The van der Waals surface area contributed by atoms with Crippen LogP contribution in [0.3, 0.4) is 0 Å². The Hall–Kier alpha value is -2.01. The van der Waals surface area contributed by atoms with E-state index in [4.69, 9.17) is 11.6 Å². The summed E-state index contributed by atoms with van der Waals surface area (Å²) in [6.07, 6.45) is 1.57. The third-order valence-electron chi connectivity index (χ3n) is 1.94. The average molecular weight is 268 g/mol. The Kier molecular flexibility index (Phi) is 5.20. The van der Waals surface area contributed by atoms with E-state index in [0.29, 0.717) is 22.9 Å². The molecule has 0 fully saturated rings. The van der Waals surface area contributed by atoms with Crippen molar-refractivity contribution >= 4 is 34.9 Å². The second-order valence-electron chi connectivity index (χ2n) is 3.50. The summed E-state index contributed by atoms with van der Waals surface area (Å²) in [5.74, 6) is -0.185. The topological polar surface area (TPSA) is 70.2 Å². The van der Waals surface area contributed by atoms with E-state index in [1.165, 1.54) is 6.92 Å². The molecular formula is C12H14ClN3O2. The lowest BCUT2D eigenvalue weighted by Gasteiger charge is -2.09. The number of urea groups is 1. The van der Waals surface area contributed by atoms with Crippen LogP contribution in [0.15, 0.2) is 30.9 Å². The van der Waals surface area contributed by atoms with Crippen LogP contribution in [0.4, 0.5) is 16.2 Å². The molecule has 0 aliphatic carbocycles. The van der Waals surface area contributed by atoms with E-state index in [1.54, 1.807) is 24.3 Å². The van der Waals surface area contributed by atoms with Crippen molar-refractivity contribution in [3.63, 3.8) is 0 Å². The van der Waals surface area contributed by atoms with Gasteiger partial charge in [-0.25, -0.2) is 4.79 Å². The third-order valence-corrected chi connectivity index (χ3v) is 2.26. The Bertz CT molecular complexity index is 474. The smallest absolute Gasteiger partial charge is 0.319 e. The summed E-state index contributed by atoms with van der Waals surface area (Å²) in [6.45, 7) is 5.26. The summed E-state index contributed by atoms with van der Waals surface area (Å²) >= 11 is 5.98. The lowest BCUT2D eigenvalue weighted by Crippen LogP contribution is -2.28. The zero-order valence-electron chi connectivity index (χ0n) is 9.92. The minimum Gasteiger partial charge on any atom is -0.334 e. The Labute approximate surface area is 110 Å². The molecule has 0 unspecified atom stereocenters. The van der Waals surface area contributed by atoms with Crippen LogP contribution in [0.5, 0.6) is 0 Å². The van der Waals surface area contributed by atoms with Crippen molar-refractivity contribution in [1.82, 2.24) is 5.32 Å². The Morgan fingerprint density at radius 1 is 1.39 bits per heavy atom. The molecule has 0 aliphatic heterocycles. The summed E-state index contributed by atoms with van der Waals surface area (Å²) in [5.41, 5.74) is 1.04. The minimum atomic E-state index is -0.371. The van der Waals surface area contributed by atoms with Gasteiger partial charge in [0.05, 0.1) is 10.7 Å². The van der Waals surface area contributed by atoms with Crippen molar-refractivity contribution in [2.45, 2.75) is 6.92 Å². The van der Waals surface area contributed by atoms with Gasteiger partial charge in [0, 0.05) is 19.2 Å². The van der Waals surface area contributed by atoms with Crippen LogP contribution >= 0.6 is 11.6 Å². The number of amides is 3. The molecule has 0 spiro atoms. The van der Waals surface area contributed by atoms with Gasteiger partial charge in [-0.3, -0.25) is 4.79 Å². The van der Waals surface area contributed by atoms with Crippen molar-refractivity contribution in [1.29, 1.82) is 0 Å². The molecule has 3 N–H and O–H groups in total. The Morgan fingerprint density at radius 2 is 2.11 bits per heavy atom. The van der Waals surface area contributed by atoms with E-state index in [2.05, 4.69) is 22.5 Å². The second-order valence-corrected chi connectivity index (χ2v) is 3.91. The number of hydrogen-bond acceptors (Lipinski definition) is 2. The molecule has 6 heteroatoms. The molecule has 0 heterocycles. The number of anilines is 2. The Balaban J connectivity index is 2.70. The minimum absolute atomic E-state index is 0.185. The van der Waals surface area contributed by atoms with Gasteiger partial charge < -0.3 is 16.0 Å². The van der Waals surface area contributed by atoms with E-state index >= 15 is 0 Å². The van der Waals surface area contributed by atoms with Gasteiger partial charge in [0.25, 0.3) is 0 Å². The molecule has 0 atom stereocenters. The largest absolute Gasteiger partial charge is 0.334 e. The summed E-state index contributed by atoms with van der Waals surface area (Å²) in [6, 6.07) is 4.45. The quantitative estimate of drug-likeness (QED) is 0.734. The molecule has 0 aliphatic rings. The van der Waals surface area contributed by atoms with Gasteiger partial charge in [0.1, 0.15) is 0 Å². The summed E-state index contributed by atoms with van der Waals surface area (Å²) in [4.78, 5) is 22.2. The molecule has 18 heavy (non-hydrogen) atoms. The van der Waals surface area contributed by atoms with E-state index in [0.717, 1.165) is 0 Å². The first-order chi connectivity index (χ1) is 8.52. The molecule has 1 aromatic carbocycles. The van der Waals surface area contributed by atoms with E-state index in [1.807, 2.05) is 0 Å². The van der Waals surface area contributed by atoms with E-state index < -0.39 is 0 Å². The molecule has 0 bridgehead atoms. The van der Waals surface area contributed by atoms with E-state index in [9.17, 15) is 9.59 Å². The highest BCUT2D eigenvalue weighted by Crippen LogP contribution is 2.25. The molecule has 0 aromatic heterocycles. The van der Waals surface area contributed by atoms with Gasteiger partial charge in [0.15, 0.2) is 0 Å². The fourth-order valence-corrected chi connectivity index (χ4v) is 1.46. The second kappa shape index (κ2) is 6.66. The molecule has 0 radical (unpaired) electrons. The fraction of sp³-hybridized carbons (Fsp3) is 0.167.